The van der Waals surface area contributed by atoms with Crippen LogP contribution in [0.1, 0.15) is 41.6 Å². The van der Waals surface area contributed by atoms with Gasteiger partial charge in [0, 0.05) is 10.9 Å². The minimum atomic E-state index is -0.513. The van der Waals surface area contributed by atoms with Crippen LogP contribution in [0.4, 0.5) is 0 Å². The second-order valence-electron chi connectivity index (χ2n) is 5.62. The summed E-state index contributed by atoms with van der Waals surface area (Å²) in [5, 5.41) is 10.5. The minimum absolute atomic E-state index is 0.513. The third-order valence-electron chi connectivity index (χ3n) is 4.03. The van der Waals surface area contributed by atoms with Crippen molar-refractivity contribution in [2.45, 2.75) is 31.3 Å². The highest BCUT2D eigenvalue weighted by molar-refractivity contribution is 9.10. The quantitative estimate of drug-likeness (QED) is 0.856. The van der Waals surface area contributed by atoms with Gasteiger partial charge in [-0.3, -0.25) is 0 Å². The normalized spacial score (nSPS) is 15.8. The Bertz CT molecular complexity index is 618. The van der Waals surface area contributed by atoms with Gasteiger partial charge < -0.3 is 9.84 Å². The van der Waals surface area contributed by atoms with Crippen molar-refractivity contribution in [3.05, 3.63) is 63.6 Å². The van der Waals surface area contributed by atoms with Crippen LogP contribution in [0.15, 0.2) is 46.9 Å². The molecular weight excluding hydrogens is 328 g/mol. The lowest BCUT2D eigenvalue weighted by atomic mass is 9.99. The Labute approximate surface area is 133 Å². The van der Waals surface area contributed by atoms with E-state index < -0.39 is 6.10 Å². The number of aliphatic hydroxyl groups excluding tert-OH is 1. The summed E-state index contributed by atoms with van der Waals surface area (Å²) in [7, 11) is 1.66. The van der Waals surface area contributed by atoms with E-state index >= 15 is 0 Å². The molecule has 21 heavy (non-hydrogen) atoms. The first kappa shape index (κ1) is 14.6. The molecule has 2 aromatic carbocycles. The van der Waals surface area contributed by atoms with Crippen LogP contribution in [0.25, 0.3) is 0 Å². The van der Waals surface area contributed by atoms with E-state index in [2.05, 4.69) is 28.1 Å². The number of benzene rings is 2. The maximum Gasteiger partial charge on any atom is 0.122 e. The van der Waals surface area contributed by atoms with Crippen LogP contribution < -0.4 is 4.74 Å². The van der Waals surface area contributed by atoms with Gasteiger partial charge >= 0.3 is 0 Å². The van der Waals surface area contributed by atoms with Crippen molar-refractivity contribution >= 4 is 15.9 Å². The van der Waals surface area contributed by atoms with Crippen molar-refractivity contribution in [3.8, 4) is 5.75 Å². The second kappa shape index (κ2) is 6.20. The van der Waals surface area contributed by atoms with Gasteiger partial charge in [0.05, 0.1) is 13.2 Å². The molecule has 1 saturated carbocycles. The molecule has 2 nitrogen and oxygen atoms in total. The molecule has 0 bridgehead atoms. The standard InChI is InChI=1S/C18H19BrO2/c1-21-18-9-8-16(19)10-15(18)11-17(20)14-6-4-13(5-7-14)12-2-3-12/h4-10,12,17,20H,2-3,11H2,1H3. The van der Waals surface area contributed by atoms with Crippen molar-refractivity contribution in [3.63, 3.8) is 0 Å². The Morgan fingerprint density at radius 2 is 1.90 bits per heavy atom. The maximum atomic E-state index is 10.5. The molecule has 1 aliphatic rings. The molecule has 0 amide bonds. The van der Waals surface area contributed by atoms with E-state index in [1.54, 1.807) is 7.11 Å². The number of halogens is 1. The summed E-state index contributed by atoms with van der Waals surface area (Å²) in [6.45, 7) is 0. The molecule has 0 aromatic heterocycles. The van der Waals surface area contributed by atoms with Crippen LogP contribution in [-0.4, -0.2) is 12.2 Å². The Hall–Kier alpha value is -1.32. The van der Waals surface area contributed by atoms with Crippen molar-refractivity contribution < 1.29 is 9.84 Å². The first-order valence-electron chi connectivity index (χ1n) is 7.27. The predicted molar refractivity (Wildman–Crippen MR) is 87.8 cm³/mol. The lowest BCUT2D eigenvalue weighted by molar-refractivity contribution is 0.177. The van der Waals surface area contributed by atoms with Gasteiger partial charge in [0.2, 0.25) is 0 Å². The average molecular weight is 347 g/mol. The molecule has 3 rings (SSSR count). The van der Waals surface area contributed by atoms with Crippen LogP contribution in [0, 0.1) is 0 Å². The first-order chi connectivity index (χ1) is 10.2. The number of rotatable bonds is 5. The van der Waals surface area contributed by atoms with Gasteiger partial charge in [0.1, 0.15) is 5.75 Å². The molecule has 0 spiro atoms. The number of aliphatic hydroxyl groups is 1. The highest BCUT2D eigenvalue weighted by Gasteiger charge is 2.23. The zero-order valence-electron chi connectivity index (χ0n) is 12.1. The summed E-state index contributed by atoms with van der Waals surface area (Å²) < 4.78 is 6.36. The fraction of sp³-hybridized carbons (Fsp3) is 0.333. The number of methoxy groups -OCH3 is 1. The topological polar surface area (TPSA) is 29.5 Å². The number of hydrogen-bond acceptors (Lipinski definition) is 2. The Morgan fingerprint density at radius 3 is 2.52 bits per heavy atom. The molecule has 1 atom stereocenters. The van der Waals surface area contributed by atoms with E-state index in [4.69, 9.17) is 4.74 Å². The van der Waals surface area contributed by atoms with Gasteiger partial charge in [-0.2, -0.15) is 0 Å². The third-order valence-corrected chi connectivity index (χ3v) is 4.52. The molecule has 1 unspecified atom stereocenters. The van der Waals surface area contributed by atoms with Gasteiger partial charge in [-0.1, -0.05) is 40.2 Å². The van der Waals surface area contributed by atoms with Crippen molar-refractivity contribution in [1.29, 1.82) is 0 Å². The fourth-order valence-electron chi connectivity index (χ4n) is 2.64. The largest absolute Gasteiger partial charge is 0.496 e. The Kier molecular flexibility index (Phi) is 4.32. The molecule has 0 aliphatic heterocycles. The van der Waals surface area contributed by atoms with E-state index in [-0.39, 0.29) is 0 Å². The lowest BCUT2D eigenvalue weighted by Crippen LogP contribution is -2.03. The van der Waals surface area contributed by atoms with Gasteiger partial charge in [-0.15, -0.1) is 0 Å². The Morgan fingerprint density at radius 1 is 1.19 bits per heavy atom. The molecule has 2 aromatic rings. The summed E-state index contributed by atoms with van der Waals surface area (Å²) in [4.78, 5) is 0. The van der Waals surface area contributed by atoms with Gasteiger partial charge in [0.25, 0.3) is 0 Å². The van der Waals surface area contributed by atoms with Gasteiger partial charge in [0.15, 0.2) is 0 Å². The molecule has 110 valence electrons. The molecule has 1 N–H and O–H groups in total. The number of hydrogen-bond donors (Lipinski definition) is 1. The molecule has 0 heterocycles. The van der Waals surface area contributed by atoms with Crippen molar-refractivity contribution in [2.75, 3.05) is 7.11 Å². The van der Waals surface area contributed by atoms with Gasteiger partial charge in [-0.25, -0.2) is 0 Å². The zero-order chi connectivity index (χ0) is 14.8. The Balaban J connectivity index is 1.75. The van der Waals surface area contributed by atoms with Crippen molar-refractivity contribution in [2.24, 2.45) is 0 Å². The SMILES string of the molecule is COc1ccc(Br)cc1CC(O)c1ccc(C2CC2)cc1. The summed E-state index contributed by atoms with van der Waals surface area (Å²) in [6, 6.07) is 14.2. The molecule has 0 saturated heterocycles. The van der Waals surface area contributed by atoms with Crippen LogP contribution in [0.3, 0.4) is 0 Å². The smallest absolute Gasteiger partial charge is 0.122 e. The summed E-state index contributed by atoms with van der Waals surface area (Å²) in [5.41, 5.74) is 3.36. The lowest BCUT2D eigenvalue weighted by Gasteiger charge is -2.14. The third kappa shape index (κ3) is 3.47. The molecule has 1 aliphatic carbocycles. The molecule has 0 radical (unpaired) electrons. The van der Waals surface area contributed by atoms with Crippen LogP contribution >= 0.6 is 15.9 Å². The van der Waals surface area contributed by atoms with Crippen LogP contribution in [0.2, 0.25) is 0 Å². The number of ether oxygens (including phenoxy) is 1. The highest BCUT2D eigenvalue weighted by atomic mass is 79.9. The van der Waals surface area contributed by atoms with Crippen LogP contribution in [-0.2, 0) is 6.42 Å². The first-order valence-corrected chi connectivity index (χ1v) is 8.07. The monoisotopic (exact) mass is 346 g/mol. The van der Waals surface area contributed by atoms with E-state index in [0.717, 1.165) is 27.3 Å². The minimum Gasteiger partial charge on any atom is -0.496 e. The zero-order valence-corrected chi connectivity index (χ0v) is 13.6. The molecular formula is C18H19BrO2. The van der Waals surface area contributed by atoms with E-state index in [0.29, 0.717) is 6.42 Å². The summed E-state index contributed by atoms with van der Waals surface area (Å²) in [6.07, 6.45) is 2.64. The molecule has 3 heteroatoms. The summed E-state index contributed by atoms with van der Waals surface area (Å²) >= 11 is 3.47. The average Bonchev–Trinajstić information content (AvgIpc) is 3.32. The summed E-state index contributed by atoms with van der Waals surface area (Å²) in [5.74, 6) is 1.56. The van der Waals surface area contributed by atoms with E-state index in [1.165, 1.54) is 18.4 Å². The van der Waals surface area contributed by atoms with Gasteiger partial charge in [-0.05, 0) is 53.6 Å². The maximum absolute atomic E-state index is 10.5. The van der Waals surface area contributed by atoms with Crippen molar-refractivity contribution in [1.82, 2.24) is 0 Å². The fourth-order valence-corrected chi connectivity index (χ4v) is 3.05. The predicted octanol–water partition coefficient (Wildman–Crippen LogP) is 4.61. The van der Waals surface area contributed by atoms with E-state index in [1.807, 2.05) is 30.3 Å². The van der Waals surface area contributed by atoms with Crippen LogP contribution in [0.5, 0.6) is 5.75 Å². The van der Waals surface area contributed by atoms with E-state index in [9.17, 15) is 5.11 Å². The second-order valence-corrected chi connectivity index (χ2v) is 6.53. The highest BCUT2D eigenvalue weighted by Crippen LogP contribution is 2.40. The molecule has 1 fully saturated rings.